The minimum atomic E-state index is -0.709. The van der Waals surface area contributed by atoms with E-state index in [2.05, 4.69) is 19.9 Å². The molecule has 0 saturated carbocycles. The van der Waals surface area contributed by atoms with Crippen molar-refractivity contribution in [3.8, 4) is 17.2 Å². The number of hydrogen-bond acceptors (Lipinski definition) is 5. The lowest BCUT2D eigenvalue weighted by Gasteiger charge is -2.09. The number of allylic oxidation sites excluding steroid dienone is 3. The van der Waals surface area contributed by atoms with Gasteiger partial charge < -0.3 is 19.0 Å². The summed E-state index contributed by atoms with van der Waals surface area (Å²) in [6.45, 7) is 8.72. The quantitative estimate of drug-likeness (QED) is 0.533. The maximum absolute atomic E-state index is 12.1. The van der Waals surface area contributed by atoms with Crippen LogP contribution in [0.2, 0.25) is 0 Å². The Labute approximate surface area is 153 Å². The first-order valence-corrected chi connectivity index (χ1v) is 8.76. The van der Waals surface area contributed by atoms with Gasteiger partial charge in [-0.25, -0.2) is 4.79 Å². The largest absolute Gasteiger partial charge is 0.504 e. The summed E-state index contributed by atoms with van der Waals surface area (Å²) in [5.41, 5.74) is 2.01. The van der Waals surface area contributed by atoms with Crippen LogP contribution in [0, 0.1) is 0 Å². The molecule has 0 amide bonds. The zero-order chi connectivity index (χ0) is 19.1. The molecule has 0 radical (unpaired) electrons. The summed E-state index contributed by atoms with van der Waals surface area (Å²) in [5.74, 6) is 0.191. The highest BCUT2D eigenvalue weighted by Gasteiger charge is 2.15. The molecule has 0 aliphatic carbocycles. The average Bonchev–Trinajstić information content (AvgIpc) is 2.57. The maximum atomic E-state index is 12.1. The van der Waals surface area contributed by atoms with Crippen LogP contribution in [0.1, 0.15) is 40.5 Å². The minimum absolute atomic E-state index is 0.171. The lowest BCUT2D eigenvalue weighted by Crippen LogP contribution is -2.08. The summed E-state index contributed by atoms with van der Waals surface area (Å²) >= 11 is 0. The standard InChI is InChI=1S/C21H26O5/c1-5-24-16-9-10-17-18(13-16)26-21(23)20(19(17)22)25-12-11-15(4)8-6-7-14(2)3/h7,9-11,13,22H,5-6,8,12H2,1-4H3/b15-11+. The van der Waals surface area contributed by atoms with E-state index in [1.54, 1.807) is 18.2 Å². The van der Waals surface area contributed by atoms with Gasteiger partial charge in [-0.05, 0) is 58.7 Å². The van der Waals surface area contributed by atoms with Gasteiger partial charge in [0.1, 0.15) is 17.9 Å². The first-order chi connectivity index (χ1) is 12.4. The number of hydrogen-bond donors (Lipinski definition) is 1. The second-order valence-electron chi connectivity index (χ2n) is 6.34. The average molecular weight is 358 g/mol. The summed E-state index contributed by atoms with van der Waals surface area (Å²) in [6.07, 6.45) is 5.97. The minimum Gasteiger partial charge on any atom is -0.504 e. The second-order valence-corrected chi connectivity index (χ2v) is 6.34. The normalized spacial score (nSPS) is 11.5. The molecule has 5 nitrogen and oxygen atoms in total. The van der Waals surface area contributed by atoms with Crippen LogP contribution in [0.5, 0.6) is 17.2 Å². The van der Waals surface area contributed by atoms with Crippen molar-refractivity contribution in [3.05, 3.63) is 51.9 Å². The van der Waals surface area contributed by atoms with E-state index in [-0.39, 0.29) is 23.7 Å². The summed E-state index contributed by atoms with van der Waals surface area (Å²) in [7, 11) is 0. The Morgan fingerprint density at radius 2 is 1.96 bits per heavy atom. The third-order valence-corrected chi connectivity index (χ3v) is 3.87. The number of aromatic hydroxyl groups is 1. The van der Waals surface area contributed by atoms with Crippen LogP contribution in [-0.2, 0) is 0 Å². The highest BCUT2D eigenvalue weighted by atomic mass is 16.5. The molecule has 0 unspecified atom stereocenters. The summed E-state index contributed by atoms with van der Waals surface area (Å²) in [4.78, 5) is 12.1. The van der Waals surface area contributed by atoms with Crippen molar-refractivity contribution in [1.29, 1.82) is 0 Å². The zero-order valence-electron chi connectivity index (χ0n) is 15.8. The van der Waals surface area contributed by atoms with E-state index < -0.39 is 5.63 Å². The van der Waals surface area contributed by atoms with Crippen molar-refractivity contribution < 1.29 is 19.0 Å². The molecule has 0 aliphatic heterocycles. The second kappa shape index (κ2) is 9.13. The first-order valence-electron chi connectivity index (χ1n) is 8.76. The van der Waals surface area contributed by atoms with Crippen molar-refractivity contribution in [2.24, 2.45) is 0 Å². The van der Waals surface area contributed by atoms with Crippen molar-refractivity contribution in [2.75, 3.05) is 13.2 Å². The summed E-state index contributed by atoms with van der Waals surface area (Å²) in [6, 6.07) is 4.94. The van der Waals surface area contributed by atoms with E-state index in [9.17, 15) is 9.90 Å². The number of rotatable bonds is 8. The van der Waals surface area contributed by atoms with Crippen LogP contribution < -0.4 is 15.1 Å². The summed E-state index contributed by atoms with van der Waals surface area (Å²) in [5, 5.41) is 10.8. The lowest BCUT2D eigenvalue weighted by molar-refractivity contribution is 0.316. The van der Waals surface area contributed by atoms with Crippen LogP contribution in [-0.4, -0.2) is 18.3 Å². The summed E-state index contributed by atoms with van der Waals surface area (Å²) < 4.78 is 16.1. The van der Waals surface area contributed by atoms with Gasteiger partial charge in [-0.2, -0.15) is 0 Å². The molecular weight excluding hydrogens is 332 g/mol. The van der Waals surface area contributed by atoms with E-state index in [0.29, 0.717) is 17.7 Å². The van der Waals surface area contributed by atoms with Crippen LogP contribution in [0.4, 0.5) is 0 Å². The molecule has 1 heterocycles. The maximum Gasteiger partial charge on any atom is 0.383 e. The molecule has 0 atom stereocenters. The van der Waals surface area contributed by atoms with E-state index in [0.717, 1.165) is 18.4 Å². The van der Waals surface area contributed by atoms with E-state index >= 15 is 0 Å². The zero-order valence-corrected chi connectivity index (χ0v) is 15.8. The molecule has 26 heavy (non-hydrogen) atoms. The van der Waals surface area contributed by atoms with E-state index in [4.69, 9.17) is 13.9 Å². The van der Waals surface area contributed by atoms with Crippen LogP contribution in [0.3, 0.4) is 0 Å². The Bertz CT molecular complexity index is 870. The molecule has 0 aliphatic rings. The van der Waals surface area contributed by atoms with Crippen LogP contribution in [0.25, 0.3) is 11.0 Å². The van der Waals surface area contributed by atoms with Crippen molar-refractivity contribution in [3.63, 3.8) is 0 Å². The molecule has 0 saturated heterocycles. The highest BCUT2D eigenvalue weighted by molar-refractivity contribution is 5.86. The molecular formula is C21H26O5. The van der Waals surface area contributed by atoms with Gasteiger partial charge in [0.25, 0.3) is 0 Å². The first kappa shape index (κ1) is 19.6. The molecule has 2 aromatic rings. The van der Waals surface area contributed by atoms with Gasteiger partial charge in [0.05, 0.1) is 12.0 Å². The van der Waals surface area contributed by atoms with Crippen molar-refractivity contribution in [1.82, 2.24) is 0 Å². The Morgan fingerprint density at radius 1 is 1.19 bits per heavy atom. The molecule has 0 spiro atoms. The van der Waals surface area contributed by atoms with Gasteiger partial charge in [-0.15, -0.1) is 0 Å². The van der Waals surface area contributed by atoms with Gasteiger partial charge in [0, 0.05) is 6.07 Å². The van der Waals surface area contributed by atoms with Gasteiger partial charge in [0.2, 0.25) is 5.75 Å². The molecule has 0 fully saturated rings. The molecule has 2 rings (SSSR count). The third-order valence-electron chi connectivity index (χ3n) is 3.87. The molecule has 0 bridgehead atoms. The van der Waals surface area contributed by atoms with Gasteiger partial charge in [-0.3, -0.25) is 0 Å². The SMILES string of the molecule is CCOc1ccc2c(O)c(OC/C=C(\C)CCC=C(C)C)c(=O)oc2c1. The Morgan fingerprint density at radius 3 is 2.65 bits per heavy atom. The Balaban J connectivity index is 2.13. The molecule has 1 aromatic carbocycles. The fraction of sp³-hybridized carbons (Fsp3) is 0.381. The van der Waals surface area contributed by atoms with E-state index in [1.165, 1.54) is 5.57 Å². The fourth-order valence-electron chi connectivity index (χ4n) is 2.49. The molecule has 140 valence electrons. The lowest BCUT2D eigenvalue weighted by atomic mass is 10.1. The molecule has 1 aromatic heterocycles. The van der Waals surface area contributed by atoms with Gasteiger partial charge in [0.15, 0.2) is 5.75 Å². The van der Waals surface area contributed by atoms with Gasteiger partial charge >= 0.3 is 5.63 Å². The van der Waals surface area contributed by atoms with Crippen LogP contribution in [0.15, 0.2) is 50.7 Å². The number of fused-ring (bicyclic) bond motifs is 1. The highest BCUT2D eigenvalue weighted by Crippen LogP contribution is 2.33. The topological polar surface area (TPSA) is 68.9 Å². The Hall–Kier alpha value is -2.69. The monoisotopic (exact) mass is 358 g/mol. The number of benzene rings is 1. The van der Waals surface area contributed by atoms with Crippen molar-refractivity contribution >= 4 is 11.0 Å². The van der Waals surface area contributed by atoms with Crippen molar-refractivity contribution in [2.45, 2.75) is 40.5 Å². The van der Waals surface area contributed by atoms with Gasteiger partial charge in [-0.1, -0.05) is 17.2 Å². The predicted octanol–water partition coefficient (Wildman–Crippen LogP) is 4.97. The van der Waals surface area contributed by atoms with Crippen LogP contribution >= 0.6 is 0 Å². The molecule has 5 heteroatoms. The third kappa shape index (κ3) is 5.15. The van der Waals surface area contributed by atoms with E-state index in [1.807, 2.05) is 19.9 Å². The molecule has 1 N–H and O–H groups in total. The number of ether oxygens (including phenoxy) is 2. The fourth-order valence-corrected chi connectivity index (χ4v) is 2.49. The predicted molar refractivity (Wildman–Crippen MR) is 103 cm³/mol. The Kier molecular flexibility index (Phi) is 6.89. The smallest absolute Gasteiger partial charge is 0.383 e.